The molecule has 0 spiro atoms. The second-order valence-electron chi connectivity index (χ2n) is 3.68. The molecule has 0 saturated heterocycles. The number of fused-ring (bicyclic) bond motifs is 1. The van der Waals surface area contributed by atoms with Crippen LogP contribution in [0.2, 0.25) is 0 Å². The second-order valence-corrected chi connectivity index (χ2v) is 3.68. The van der Waals surface area contributed by atoms with Crippen LogP contribution in [0.4, 0.5) is 0 Å². The van der Waals surface area contributed by atoms with Crippen molar-refractivity contribution >= 4 is 17.6 Å². The van der Waals surface area contributed by atoms with Crippen LogP contribution in [0.3, 0.4) is 0 Å². The van der Waals surface area contributed by atoms with E-state index in [1.807, 2.05) is 18.2 Å². The number of hydrogen-bond donors (Lipinski definition) is 3. The van der Waals surface area contributed by atoms with E-state index < -0.39 is 11.9 Å². The van der Waals surface area contributed by atoms with Crippen molar-refractivity contribution in [1.82, 2.24) is 9.38 Å². The maximum Gasteiger partial charge on any atom is 0.309 e. The summed E-state index contributed by atoms with van der Waals surface area (Å²) < 4.78 is 1.77. The normalized spacial score (nSPS) is 9.74. The highest BCUT2D eigenvalue weighted by molar-refractivity contribution is 5.70. The van der Waals surface area contributed by atoms with E-state index in [2.05, 4.69) is 4.98 Å². The Morgan fingerprint density at radius 2 is 2.00 bits per heavy atom. The molecule has 2 heterocycles. The van der Waals surface area contributed by atoms with Gasteiger partial charge in [0.05, 0.1) is 18.5 Å². The average molecular weight is 265 g/mol. The Hall–Kier alpha value is -2.41. The van der Waals surface area contributed by atoms with Crippen molar-refractivity contribution in [2.24, 2.45) is 5.73 Å². The zero-order chi connectivity index (χ0) is 14.3. The van der Waals surface area contributed by atoms with E-state index in [9.17, 15) is 9.59 Å². The van der Waals surface area contributed by atoms with Gasteiger partial charge < -0.3 is 20.3 Å². The van der Waals surface area contributed by atoms with Crippen LogP contribution in [0, 0.1) is 0 Å². The number of rotatable bonds is 4. The fraction of sp³-hybridized carbons (Fsp3) is 0.250. The number of carbonyl (C=O) groups is 2. The zero-order valence-corrected chi connectivity index (χ0v) is 10.2. The van der Waals surface area contributed by atoms with Gasteiger partial charge in [-0.25, -0.2) is 4.98 Å². The van der Waals surface area contributed by atoms with Gasteiger partial charge in [-0.05, 0) is 12.1 Å². The number of hydrogen-bond acceptors (Lipinski definition) is 4. The Labute approximate surface area is 109 Å². The Bertz CT molecular complexity index is 565. The fourth-order valence-electron chi connectivity index (χ4n) is 1.39. The number of carboxylic acid groups (broad SMARTS) is 2. The first kappa shape index (κ1) is 14.7. The zero-order valence-electron chi connectivity index (χ0n) is 10.2. The minimum absolute atomic E-state index is 0.00514. The lowest BCUT2D eigenvalue weighted by Crippen LogP contribution is -2.05. The van der Waals surface area contributed by atoms with Gasteiger partial charge in [-0.1, -0.05) is 6.07 Å². The quantitative estimate of drug-likeness (QED) is 0.735. The molecule has 2 aromatic rings. The Morgan fingerprint density at radius 3 is 2.53 bits per heavy atom. The van der Waals surface area contributed by atoms with Gasteiger partial charge in [0.15, 0.2) is 0 Å². The summed E-state index contributed by atoms with van der Waals surface area (Å²) in [6.07, 6.45) is 3.47. The van der Waals surface area contributed by atoms with Crippen LogP contribution in [0.5, 0.6) is 0 Å². The molecule has 0 amide bonds. The summed E-state index contributed by atoms with van der Waals surface area (Å²) in [5.41, 5.74) is 6.32. The molecule has 102 valence electrons. The molecule has 0 radical (unpaired) electrons. The topological polar surface area (TPSA) is 118 Å². The van der Waals surface area contributed by atoms with Crippen LogP contribution < -0.4 is 5.73 Å². The van der Waals surface area contributed by atoms with Crippen LogP contribution in [0.1, 0.15) is 12.1 Å². The van der Waals surface area contributed by atoms with Gasteiger partial charge in [-0.15, -0.1) is 0 Å². The molecule has 2 aromatic heterocycles. The van der Waals surface area contributed by atoms with E-state index in [4.69, 9.17) is 15.9 Å². The number of nitrogens with zero attached hydrogens (tertiary/aromatic N) is 2. The molecular weight excluding hydrogens is 250 g/mol. The summed E-state index contributed by atoms with van der Waals surface area (Å²) >= 11 is 0. The monoisotopic (exact) mass is 265 g/mol. The maximum atomic E-state index is 10.5. The van der Waals surface area contributed by atoms with Gasteiger partial charge in [-0.2, -0.15) is 0 Å². The van der Waals surface area contributed by atoms with E-state index in [-0.39, 0.29) is 19.4 Å². The molecule has 2 rings (SSSR count). The highest BCUT2D eigenvalue weighted by Crippen LogP contribution is 2.06. The first-order valence-electron chi connectivity index (χ1n) is 5.59. The summed E-state index contributed by atoms with van der Waals surface area (Å²) in [7, 11) is 0. The van der Waals surface area contributed by atoms with Gasteiger partial charge >= 0.3 is 11.9 Å². The molecule has 0 saturated carbocycles. The van der Waals surface area contributed by atoms with Gasteiger partial charge in [-0.3, -0.25) is 9.59 Å². The SMILES string of the molecule is NCCC(=O)O.O=C(O)Cc1cnc2ccccn12. The number of nitrogens with two attached hydrogens (primary N) is 1. The third-order valence-corrected chi connectivity index (χ3v) is 2.18. The second kappa shape index (κ2) is 7.12. The van der Waals surface area contributed by atoms with E-state index in [0.717, 1.165) is 5.65 Å². The lowest BCUT2D eigenvalue weighted by molar-refractivity contribution is -0.137. The minimum Gasteiger partial charge on any atom is -0.481 e. The average Bonchev–Trinajstić information content (AvgIpc) is 2.73. The number of aliphatic carboxylic acids is 2. The highest BCUT2D eigenvalue weighted by Gasteiger charge is 2.05. The van der Waals surface area contributed by atoms with Crippen molar-refractivity contribution < 1.29 is 19.8 Å². The molecular formula is C12H15N3O4. The lowest BCUT2D eigenvalue weighted by atomic mass is 10.3. The van der Waals surface area contributed by atoms with Crippen LogP contribution in [-0.4, -0.2) is 38.1 Å². The van der Waals surface area contributed by atoms with Crippen LogP contribution in [-0.2, 0) is 16.0 Å². The summed E-state index contributed by atoms with van der Waals surface area (Å²) in [4.78, 5) is 24.1. The summed E-state index contributed by atoms with van der Waals surface area (Å²) in [6.45, 7) is 0.231. The number of aromatic nitrogens is 2. The van der Waals surface area contributed by atoms with E-state index >= 15 is 0 Å². The minimum atomic E-state index is -0.842. The van der Waals surface area contributed by atoms with E-state index in [1.165, 1.54) is 0 Å². The first-order chi connectivity index (χ1) is 9.04. The van der Waals surface area contributed by atoms with Gasteiger partial charge in [0, 0.05) is 18.9 Å². The van der Waals surface area contributed by atoms with Crippen molar-refractivity contribution in [1.29, 1.82) is 0 Å². The molecule has 0 aromatic carbocycles. The molecule has 7 nitrogen and oxygen atoms in total. The maximum absolute atomic E-state index is 10.5. The Kier molecular flexibility index (Phi) is 5.49. The van der Waals surface area contributed by atoms with Crippen molar-refractivity contribution in [2.75, 3.05) is 6.54 Å². The van der Waals surface area contributed by atoms with Crippen molar-refractivity contribution in [3.63, 3.8) is 0 Å². The number of pyridine rings is 1. The molecule has 0 atom stereocenters. The van der Waals surface area contributed by atoms with Crippen molar-refractivity contribution in [3.05, 3.63) is 36.3 Å². The molecule has 19 heavy (non-hydrogen) atoms. The van der Waals surface area contributed by atoms with Crippen molar-refractivity contribution in [3.8, 4) is 0 Å². The smallest absolute Gasteiger partial charge is 0.309 e. The lowest BCUT2D eigenvalue weighted by Gasteiger charge is -1.96. The Balaban J connectivity index is 0.000000258. The summed E-state index contributed by atoms with van der Waals surface area (Å²) in [6, 6.07) is 5.55. The molecule has 0 aliphatic carbocycles. The van der Waals surface area contributed by atoms with E-state index in [1.54, 1.807) is 16.8 Å². The van der Waals surface area contributed by atoms with Crippen LogP contribution >= 0.6 is 0 Å². The molecule has 4 N–H and O–H groups in total. The first-order valence-corrected chi connectivity index (χ1v) is 5.59. The number of carboxylic acids is 2. The van der Waals surface area contributed by atoms with Crippen LogP contribution in [0.25, 0.3) is 5.65 Å². The van der Waals surface area contributed by atoms with E-state index in [0.29, 0.717) is 5.69 Å². The Morgan fingerprint density at radius 1 is 1.26 bits per heavy atom. The molecule has 0 unspecified atom stereocenters. The summed E-state index contributed by atoms with van der Waals surface area (Å²) in [5.74, 6) is -1.68. The fourth-order valence-corrected chi connectivity index (χ4v) is 1.39. The van der Waals surface area contributed by atoms with Crippen LogP contribution in [0.15, 0.2) is 30.6 Å². The standard InChI is InChI=1S/C9H8N2O2.C3H7NO2/c12-9(13)5-7-6-10-8-3-1-2-4-11(7)8;4-2-1-3(5)6/h1-4,6H,5H2,(H,12,13);1-2,4H2,(H,5,6). The molecule has 0 aliphatic heterocycles. The molecule has 7 heteroatoms. The largest absolute Gasteiger partial charge is 0.481 e. The highest BCUT2D eigenvalue weighted by atomic mass is 16.4. The predicted octanol–water partition coefficient (Wildman–Crippen LogP) is 0.381. The molecule has 0 bridgehead atoms. The summed E-state index contributed by atoms with van der Waals surface area (Å²) in [5, 5.41) is 16.4. The third kappa shape index (κ3) is 4.76. The number of imidazole rings is 1. The molecule has 0 fully saturated rings. The van der Waals surface area contributed by atoms with Gasteiger partial charge in [0.25, 0.3) is 0 Å². The van der Waals surface area contributed by atoms with Crippen molar-refractivity contribution in [2.45, 2.75) is 12.8 Å². The third-order valence-electron chi connectivity index (χ3n) is 2.18. The van der Waals surface area contributed by atoms with Gasteiger partial charge in [0.1, 0.15) is 5.65 Å². The molecule has 0 aliphatic rings. The van der Waals surface area contributed by atoms with Gasteiger partial charge in [0.2, 0.25) is 0 Å². The predicted molar refractivity (Wildman–Crippen MR) is 67.8 cm³/mol.